The van der Waals surface area contributed by atoms with E-state index in [-0.39, 0.29) is 6.10 Å². The highest BCUT2D eigenvalue weighted by Gasteiger charge is 2.25. The molecule has 11 heavy (non-hydrogen) atoms. The van der Waals surface area contributed by atoms with Crippen LogP contribution in [-0.4, -0.2) is 23.8 Å². The molecule has 0 aromatic carbocycles. The van der Waals surface area contributed by atoms with Gasteiger partial charge in [0, 0.05) is 6.04 Å². The van der Waals surface area contributed by atoms with Crippen LogP contribution in [0.3, 0.4) is 0 Å². The minimum absolute atomic E-state index is 0.0151. The molecule has 0 spiro atoms. The number of aliphatic hydroxyl groups excluding tert-OH is 1. The van der Waals surface area contributed by atoms with Gasteiger partial charge in [-0.15, -0.1) is 0 Å². The highest BCUT2D eigenvalue weighted by Crippen LogP contribution is 2.18. The maximum absolute atomic E-state index is 8.98. The Morgan fingerprint density at radius 1 is 1.36 bits per heavy atom. The van der Waals surface area contributed by atoms with Crippen LogP contribution in [-0.2, 0) is 0 Å². The lowest BCUT2D eigenvalue weighted by atomic mass is 9.89. The number of nitrogens with one attached hydrogen (secondary N) is 1. The summed E-state index contributed by atoms with van der Waals surface area (Å²) >= 11 is 0. The van der Waals surface area contributed by atoms with Crippen LogP contribution < -0.4 is 5.32 Å². The average Bonchev–Trinajstić information content (AvgIpc) is 1.94. The highest BCUT2D eigenvalue weighted by atomic mass is 16.3. The van der Waals surface area contributed by atoms with Crippen molar-refractivity contribution < 1.29 is 5.11 Å². The molecule has 1 aliphatic carbocycles. The predicted molar refractivity (Wildman–Crippen MR) is 46.6 cm³/mol. The van der Waals surface area contributed by atoms with Crippen molar-refractivity contribution in [3.8, 4) is 0 Å². The highest BCUT2D eigenvalue weighted by molar-refractivity contribution is 4.84. The number of hydrogen-bond acceptors (Lipinski definition) is 2. The Balaban J connectivity index is 1.81. The monoisotopic (exact) mass is 157 g/mol. The first-order chi connectivity index (χ1) is 5.33. The molecule has 0 atom stereocenters. The number of unbranched alkanes of at least 4 members (excludes halogenated alkanes) is 2. The summed E-state index contributed by atoms with van der Waals surface area (Å²) < 4.78 is 0. The Bertz CT molecular complexity index is 99.7. The molecule has 0 amide bonds. The first kappa shape index (κ1) is 9.01. The summed E-state index contributed by atoms with van der Waals surface area (Å²) in [7, 11) is 0. The second kappa shape index (κ2) is 4.73. The number of hydrogen-bond donors (Lipinski definition) is 2. The molecular formula is C9H19NO. The molecule has 0 unspecified atom stereocenters. The van der Waals surface area contributed by atoms with Gasteiger partial charge >= 0.3 is 0 Å². The number of aliphatic hydroxyl groups is 1. The van der Waals surface area contributed by atoms with E-state index in [0.29, 0.717) is 6.04 Å². The van der Waals surface area contributed by atoms with Crippen LogP contribution in [0.4, 0.5) is 0 Å². The third-order valence-electron chi connectivity index (χ3n) is 2.33. The molecule has 1 saturated carbocycles. The second-order valence-corrected chi connectivity index (χ2v) is 3.48. The van der Waals surface area contributed by atoms with Crippen molar-refractivity contribution in [3.63, 3.8) is 0 Å². The zero-order chi connectivity index (χ0) is 8.10. The SMILES string of the molecule is CCCCCNC1CC(O)C1. The van der Waals surface area contributed by atoms with Crippen molar-refractivity contribution in [2.45, 2.75) is 51.2 Å². The molecule has 0 aromatic rings. The molecule has 0 bridgehead atoms. The first-order valence-corrected chi connectivity index (χ1v) is 4.74. The normalized spacial score (nSPS) is 30.0. The maximum Gasteiger partial charge on any atom is 0.0570 e. The Kier molecular flexibility index (Phi) is 3.87. The van der Waals surface area contributed by atoms with Gasteiger partial charge in [-0.1, -0.05) is 19.8 Å². The van der Waals surface area contributed by atoms with Crippen LogP contribution in [0, 0.1) is 0 Å². The van der Waals surface area contributed by atoms with Crippen molar-refractivity contribution in [2.24, 2.45) is 0 Å². The lowest BCUT2D eigenvalue weighted by Crippen LogP contribution is -2.44. The van der Waals surface area contributed by atoms with Gasteiger partial charge in [0.05, 0.1) is 6.10 Å². The fourth-order valence-electron chi connectivity index (χ4n) is 1.44. The van der Waals surface area contributed by atoms with Gasteiger partial charge in [0.2, 0.25) is 0 Å². The Morgan fingerprint density at radius 2 is 2.09 bits per heavy atom. The van der Waals surface area contributed by atoms with Gasteiger partial charge in [0.1, 0.15) is 0 Å². The van der Waals surface area contributed by atoms with Crippen molar-refractivity contribution >= 4 is 0 Å². The fourth-order valence-corrected chi connectivity index (χ4v) is 1.44. The standard InChI is InChI=1S/C9H19NO/c1-2-3-4-5-10-8-6-9(11)7-8/h8-11H,2-7H2,1H3. The van der Waals surface area contributed by atoms with Crippen LogP contribution in [0.2, 0.25) is 0 Å². The summed E-state index contributed by atoms with van der Waals surface area (Å²) in [5.41, 5.74) is 0. The van der Waals surface area contributed by atoms with Gasteiger partial charge in [-0.2, -0.15) is 0 Å². The number of rotatable bonds is 5. The maximum atomic E-state index is 8.98. The van der Waals surface area contributed by atoms with E-state index < -0.39 is 0 Å². The minimum atomic E-state index is -0.0151. The zero-order valence-corrected chi connectivity index (χ0v) is 7.34. The van der Waals surface area contributed by atoms with E-state index in [1.54, 1.807) is 0 Å². The van der Waals surface area contributed by atoms with Crippen LogP contribution in [0.5, 0.6) is 0 Å². The van der Waals surface area contributed by atoms with Gasteiger partial charge in [-0.25, -0.2) is 0 Å². The second-order valence-electron chi connectivity index (χ2n) is 3.48. The van der Waals surface area contributed by atoms with Crippen LogP contribution in [0.1, 0.15) is 39.0 Å². The van der Waals surface area contributed by atoms with E-state index in [9.17, 15) is 0 Å². The van der Waals surface area contributed by atoms with Gasteiger partial charge in [0.15, 0.2) is 0 Å². The lowest BCUT2D eigenvalue weighted by Gasteiger charge is -2.32. The fraction of sp³-hybridized carbons (Fsp3) is 1.00. The molecule has 0 saturated heterocycles. The molecule has 1 aliphatic rings. The quantitative estimate of drug-likeness (QED) is 0.589. The van der Waals surface area contributed by atoms with Crippen molar-refractivity contribution in [1.82, 2.24) is 5.32 Å². The molecule has 2 nitrogen and oxygen atoms in total. The third kappa shape index (κ3) is 3.21. The lowest BCUT2D eigenvalue weighted by molar-refractivity contribution is 0.0626. The van der Waals surface area contributed by atoms with Crippen LogP contribution in [0.15, 0.2) is 0 Å². The first-order valence-electron chi connectivity index (χ1n) is 4.74. The van der Waals surface area contributed by atoms with E-state index >= 15 is 0 Å². The molecule has 1 rings (SSSR count). The van der Waals surface area contributed by atoms with Gasteiger partial charge in [0.25, 0.3) is 0 Å². The van der Waals surface area contributed by atoms with E-state index in [4.69, 9.17) is 5.11 Å². The molecule has 0 aliphatic heterocycles. The molecule has 66 valence electrons. The Morgan fingerprint density at radius 3 is 2.64 bits per heavy atom. The van der Waals surface area contributed by atoms with E-state index in [1.165, 1.54) is 19.3 Å². The summed E-state index contributed by atoms with van der Waals surface area (Å²) in [6, 6.07) is 0.613. The van der Waals surface area contributed by atoms with E-state index in [1.807, 2.05) is 0 Å². The summed E-state index contributed by atoms with van der Waals surface area (Å²) in [6.45, 7) is 3.35. The topological polar surface area (TPSA) is 32.3 Å². The van der Waals surface area contributed by atoms with Gasteiger partial charge < -0.3 is 10.4 Å². The molecule has 0 heterocycles. The molecule has 0 aromatic heterocycles. The zero-order valence-electron chi connectivity index (χ0n) is 7.34. The van der Waals surface area contributed by atoms with Crippen molar-refractivity contribution in [2.75, 3.05) is 6.54 Å². The van der Waals surface area contributed by atoms with E-state index in [0.717, 1.165) is 19.4 Å². The van der Waals surface area contributed by atoms with Crippen molar-refractivity contribution in [1.29, 1.82) is 0 Å². The third-order valence-corrected chi connectivity index (χ3v) is 2.33. The van der Waals surface area contributed by atoms with E-state index in [2.05, 4.69) is 12.2 Å². The van der Waals surface area contributed by atoms with Crippen LogP contribution in [0.25, 0.3) is 0 Å². The van der Waals surface area contributed by atoms with Crippen LogP contribution >= 0.6 is 0 Å². The molecule has 2 heteroatoms. The molecular weight excluding hydrogens is 138 g/mol. The Labute approximate surface area is 69.0 Å². The smallest absolute Gasteiger partial charge is 0.0570 e. The average molecular weight is 157 g/mol. The minimum Gasteiger partial charge on any atom is -0.393 e. The van der Waals surface area contributed by atoms with Gasteiger partial charge in [-0.05, 0) is 25.8 Å². The predicted octanol–water partition coefficient (Wildman–Crippen LogP) is 1.29. The largest absolute Gasteiger partial charge is 0.393 e. The Hall–Kier alpha value is -0.0800. The molecule has 0 radical (unpaired) electrons. The van der Waals surface area contributed by atoms with Gasteiger partial charge in [-0.3, -0.25) is 0 Å². The van der Waals surface area contributed by atoms with Crippen molar-refractivity contribution in [3.05, 3.63) is 0 Å². The summed E-state index contributed by atoms with van der Waals surface area (Å²) in [5, 5.41) is 12.4. The summed E-state index contributed by atoms with van der Waals surface area (Å²) in [5.74, 6) is 0. The molecule has 2 N–H and O–H groups in total. The summed E-state index contributed by atoms with van der Waals surface area (Å²) in [4.78, 5) is 0. The molecule has 1 fully saturated rings. The summed E-state index contributed by atoms with van der Waals surface area (Å²) in [6.07, 6.45) is 5.80.